The summed E-state index contributed by atoms with van der Waals surface area (Å²) in [6, 6.07) is 5.06. The van der Waals surface area contributed by atoms with E-state index in [4.69, 9.17) is 10.6 Å². The van der Waals surface area contributed by atoms with E-state index in [1.165, 1.54) is 0 Å². The van der Waals surface area contributed by atoms with Crippen LogP contribution in [0.3, 0.4) is 0 Å². The molecule has 1 rings (SSSR count). The van der Waals surface area contributed by atoms with Gasteiger partial charge in [0.2, 0.25) is 0 Å². The van der Waals surface area contributed by atoms with Crippen LogP contribution < -0.4 is 16.6 Å². The molecule has 1 heterocycles. The van der Waals surface area contributed by atoms with E-state index in [1.54, 1.807) is 18.2 Å². The van der Waals surface area contributed by atoms with Crippen molar-refractivity contribution in [3.05, 3.63) is 23.9 Å². The van der Waals surface area contributed by atoms with Crippen LogP contribution in [0.25, 0.3) is 0 Å². The number of carbonyl (C=O) groups is 1. The fourth-order valence-corrected chi connectivity index (χ4v) is 1.35. The molecule has 0 aliphatic heterocycles. The van der Waals surface area contributed by atoms with Crippen LogP contribution in [0.15, 0.2) is 18.2 Å². The third-order valence-corrected chi connectivity index (χ3v) is 2.23. The van der Waals surface area contributed by atoms with Gasteiger partial charge in [0.15, 0.2) is 0 Å². The van der Waals surface area contributed by atoms with Crippen LogP contribution in [-0.4, -0.2) is 30.6 Å². The predicted octanol–water partition coefficient (Wildman–Crippen LogP) is 0.914. The van der Waals surface area contributed by atoms with Crippen molar-refractivity contribution in [1.29, 1.82) is 0 Å². The number of pyridine rings is 1. The number of carbonyl (C=O) groups excluding carboxylic acids is 1. The monoisotopic (exact) mass is 252 g/mol. The van der Waals surface area contributed by atoms with E-state index in [2.05, 4.69) is 22.7 Å². The number of aromatic nitrogens is 1. The number of nitrogens with zero attached hydrogens (tertiary/aromatic N) is 1. The zero-order valence-electron chi connectivity index (χ0n) is 10.6. The largest absolute Gasteiger partial charge is 0.381 e. The van der Waals surface area contributed by atoms with Gasteiger partial charge in [0.1, 0.15) is 11.5 Å². The lowest BCUT2D eigenvalue weighted by molar-refractivity contribution is 0.0936. The maximum absolute atomic E-state index is 11.7. The number of amides is 1. The molecule has 18 heavy (non-hydrogen) atoms. The molecular weight excluding hydrogens is 232 g/mol. The normalized spacial score (nSPS) is 10.1. The van der Waals surface area contributed by atoms with Gasteiger partial charge in [0.25, 0.3) is 5.91 Å². The van der Waals surface area contributed by atoms with Crippen molar-refractivity contribution < 1.29 is 9.53 Å². The lowest BCUT2D eigenvalue weighted by Crippen LogP contribution is -2.26. The summed E-state index contributed by atoms with van der Waals surface area (Å²) in [7, 11) is 0. The molecule has 0 unspecified atom stereocenters. The molecule has 1 aromatic rings. The van der Waals surface area contributed by atoms with Crippen molar-refractivity contribution in [3.63, 3.8) is 0 Å². The number of ether oxygens (including phenoxy) is 1. The van der Waals surface area contributed by atoms with Crippen LogP contribution in [0.5, 0.6) is 0 Å². The molecule has 1 amide bonds. The highest BCUT2D eigenvalue weighted by atomic mass is 16.5. The van der Waals surface area contributed by atoms with Gasteiger partial charge in [-0.25, -0.2) is 10.8 Å². The second-order valence-electron chi connectivity index (χ2n) is 3.77. The molecule has 4 N–H and O–H groups in total. The number of rotatable bonds is 8. The lowest BCUT2D eigenvalue weighted by Gasteiger charge is -2.06. The Morgan fingerprint density at radius 2 is 2.28 bits per heavy atom. The van der Waals surface area contributed by atoms with Gasteiger partial charge in [-0.3, -0.25) is 4.79 Å². The predicted molar refractivity (Wildman–Crippen MR) is 70.1 cm³/mol. The Labute approximate surface area is 107 Å². The number of nitrogen functional groups attached to an aromatic ring is 1. The second-order valence-corrected chi connectivity index (χ2v) is 3.77. The van der Waals surface area contributed by atoms with Gasteiger partial charge in [-0.15, -0.1) is 0 Å². The minimum atomic E-state index is -0.206. The van der Waals surface area contributed by atoms with Crippen LogP contribution in [-0.2, 0) is 4.74 Å². The topological polar surface area (TPSA) is 89.3 Å². The van der Waals surface area contributed by atoms with Gasteiger partial charge >= 0.3 is 0 Å². The molecule has 1 aromatic heterocycles. The van der Waals surface area contributed by atoms with E-state index in [0.29, 0.717) is 24.7 Å². The molecule has 0 aromatic carbocycles. The molecule has 0 fully saturated rings. The highest BCUT2D eigenvalue weighted by molar-refractivity contribution is 5.92. The van der Waals surface area contributed by atoms with Crippen molar-refractivity contribution in [1.82, 2.24) is 10.3 Å². The molecule has 0 saturated carbocycles. The van der Waals surface area contributed by atoms with Crippen LogP contribution in [0.4, 0.5) is 5.82 Å². The Morgan fingerprint density at radius 1 is 1.44 bits per heavy atom. The van der Waals surface area contributed by atoms with Gasteiger partial charge in [0.05, 0.1) is 0 Å². The zero-order chi connectivity index (χ0) is 13.2. The molecule has 0 bridgehead atoms. The molecule has 100 valence electrons. The zero-order valence-corrected chi connectivity index (χ0v) is 10.6. The smallest absolute Gasteiger partial charge is 0.269 e. The van der Waals surface area contributed by atoms with Gasteiger partial charge in [0, 0.05) is 19.8 Å². The summed E-state index contributed by atoms with van der Waals surface area (Å²) in [4.78, 5) is 15.8. The van der Waals surface area contributed by atoms with E-state index in [-0.39, 0.29) is 5.91 Å². The summed E-state index contributed by atoms with van der Waals surface area (Å²) in [6.07, 6.45) is 1.80. The maximum Gasteiger partial charge on any atom is 0.269 e. The summed E-state index contributed by atoms with van der Waals surface area (Å²) >= 11 is 0. The SMILES string of the molecule is CCCOCCCNC(=O)c1cccc(NN)n1. The lowest BCUT2D eigenvalue weighted by atomic mass is 10.3. The molecule has 0 spiro atoms. The van der Waals surface area contributed by atoms with Crippen LogP contribution in [0.1, 0.15) is 30.3 Å². The summed E-state index contributed by atoms with van der Waals surface area (Å²) in [6.45, 7) is 4.06. The number of hydrogen-bond acceptors (Lipinski definition) is 5. The minimum Gasteiger partial charge on any atom is -0.381 e. The molecular formula is C12H20N4O2. The maximum atomic E-state index is 11.7. The first-order chi connectivity index (χ1) is 8.77. The molecule has 0 aliphatic carbocycles. The molecule has 0 aliphatic rings. The number of hydrogen-bond donors (Lipinski definition) is 3. The van der Waals surface area contributed by atoms with E-state index >= 15 is 0 Å². The van der Waals surface area contributed by atoms with E-state index in [0.717, 1.165) is 19.4 Å². The van der Waals surface area contributed by atoms with Gasteiger partial charge in [-0.2, -0.15) is 0 Å². The average Bonchev–Trinajstić information content (AvgIpc) is 2.42. The highest BCUT2D eigenvalue weighted by Gasteiger charge is 2.06. The Morgan fingerprint density at radius 3 is 3.00 bits per heavy atom. The minimum absolute atomic E-state index is 0.206. The third-order valence-electron chi connectivity index (χ3n) is 2.23. The Balaban J connectivity index is 2.27. The first-order valence-corrected chi connectivity index (χ1v) is 6.07. The average molecular weight is 252 g/mol. The standard InChI is InChI=1S/C12H20N4O2/c1-2-8-18-9-4-7-14-12(17)10-5-3-6-11(15-10)16-13/h3,5-6H,2,4,7-9,13H2,1H3,(H,14,17)(H,15,16). The van der Waals surface area contributed by atoms with Gasteiger partial charge in [-0.1, -0.05) is 13.0 Å². The summed E-state index contributed by atoms with van der Waals surface area (Å²) in [5, 5.41) is 2.78. The summed E-state index contributed by atoms with van der Waals surface area (Å²) in [5.41, 5.74) is 2.75. The van der Waals surface area contributed by atoms with Crippen LogP contribution in [0.2, 0.25) is 0 Å². The van der Waals surface area contributed by atoms with Crippen molar-refractivity contribution in [3.8, 4) is 0 Å². The first-order valence-electron chi connectivity index (χ1n) is 6.07. The summed E-state index contributed by atoms with van der Waals surface area (Å²) < 4.78 is 5.31. The third kappa shape index (κ3) is 5.11. The number of nitrogens with two attached hydrogens (primary N) is 1. The molecule has 6 nitrogen and oxygen atoms in total. The molecule has 0 saturated heterocycles. The van der Waals surface area contributed by atoms with Crippen molar-refractivity contribution in [2.75, 3.05) is 25.2 Å². The Bertz CT molecular complexity index is 371. The quantitative estimate of drug-likeness (QED) is 0.363. The van der Waals surface area contributed by atoms with Crippen LogP contribution >= 0.6 is 0 Å². The fraction of sp³-hybridized carbons (Fsp3) is 0.500. The highest BCUT2D eigenvalue weighted by Crippen LogP contribution is 2.02. The number of hydrazine groups is 1. The van der Waals surface area contributed by atoms with E-state index in [1.807, 2.05) is 0 Å². The van der Waals surface area contributed by atoms with Crippen LogP contribution in [0, 0.1) is 0 Å². The fourth-order valence-electron chi connectivity index (χ4n) is 1.35. The van der Waals surface area contributed by atoms with E-state index in [9.17, 15) is 4.79 Å². The molecule has 6 heteroatoms. The number of nitrogens with one attached hydrogen (secondary N) is 2. The summed E-state index contributed by atoms with van der Waals surface area (Å²) in [5.74, 6) is 5.49. The molecule has 0 atom stereocenters. The van der Waals surface area contributed by atoms with Crippen molar-refractivity contribution >= 4 is 11.7 Å². The van der Waals surface area contributed by atoms with Crippen molar-refractivity contribution in [2.24, 2.45) is 5.84 Å². The Kier molecular flexibility index (Phi) is 6.75. The number of anilines is 1. The van der Waals surface area contributed by atoms with E-state index < -0.39 is 0 Å². The first kappa shape index (κ1) is 14.4. The van der Waals surface area contributed by atoms with Crippen molar-refractivity contribution in [2.45, 2.75) is 19.8 Å². The Hall–Kier alpha value is -1.66. The molecule has 0 radical (unpaired) electrons. The second kappa shape index (κ2) is 8.43. The van der Waals surface area contributed by atoms with Gasteiger partial charge in [-0.05, 0) is 25.0 Å². The van der Waals surface area contributed by atoms with Gasteiger partial charge < -0.3 is 15.5 Å².